The lowest BCUT2D eigenvalue weighted by atomic mass is 10.1. The second kappa shape index (κ2) is 11.6. The van der Waals surface area contributed by atoms with Crippen LogP contribution in [0.4, 0.5) is 38.9 Å². The van der Waals surface area contributed by atoms with Gasteiger partial charge >= 0.3 is 0 Å². The number of nitrogens with zero attached hydrogens (tertiary/aromatic N) is 4. The van der Waals surface area contributed by atoms with Crippen LogP contribution in [0.2, 0.25) is 10.0 Å². The summed E-state index contributed by atoms with van der Waals surface area (Å²) in [5.74, 6) is 0.166. The van der Waals surface area contributed by atoms with Crippen molar-refractivity contribution in [3.8, 4) is 5.75 Å². The van der Waals surface area contributed by atoms with Crippen molar-refractivity contribution in [1.29, 1.82) is 0 Å². The number of rotatable bonds is 8. The van der Waals surface area contributed by atoms with Gasteiger partial charge < -0.3 is 30.5 Å². The fourth-order valence-electron chi connectivity index (χ4n) is 3.77. The number of likely N-dealkylation sites (N-methyl/N-ethyl adjacent to an activating group) is 1. The molecule has 1 amide bonds. The summed E-state index contributed by atoms with van der Waals surface area (Å²) in [6.07, 6.45) is 2.64. The molecule has 3 N–H and O–H groups in total. The van der Waals surface area contributed by atoms with Crippen LogP contribution in [0.25, 0.3) is 0 Å². The zero-order valence-electron chi connectivity index (χ0n) is 20.3. The zero-order valence-corrected chi connectivity index (χ0v) is 21.8. The van der Waals surface area contributed by atoms with Crippen molar-refractivity contribution in [2.45, 2.75) is 0 Å². The number of piperazine rings is 1. The number of ether oxygens (including phenoxy) is 1. The molecule has 4 rings (SSSR count). The van der Waals surface area contributed by atoms with Gasteiger partial charge in [-0.3, -0.25) is 4.79 Å². The van der Waals surface area contributed by atoms with Crippen LogP contribution in [0.1, 0.15) is 0 Å². The molecule has 9 nitrogen and oxygen atoms in total. The van der Waals surface area contributed by atoms with E-state index >= 15 is 0 Å². The lowest BCUT2D eigenvalue weighted by Crippen LogP contribution is -2.44. The van der Waals surface area contributed by atoms with E-state index in [4.69, 9.17) is 27.9 Å². The number of benzene rings is 2. The molecule has 0 aliphatic carbocycles. The summed E-state index contributed by atoms with van der Waals surface area (Å²) >= 11 is 12.2. The Hall–Kier alpha value is -3.60. The van der Waals surface area contributed by atoms with Crippen molar-refractivity contribution in [2.75, 3.05) is 61.2 Å². The molecule has 0 saturated carbocycles. The minimum Gasteiger partial charge on any atom is -0.494 e. The van der Waals surface area contributed by atoms with E-state index < -0.39 is 5.82 Å². The normalized spacial score (nSPS) is 13.7. The fourth-order valence-corrected chi connectivity index (χ4v) is 4.09. The first-order valence-corrected chi connectivity index (χ1v) is 12.1. The highest BCUT2D eigenvalue weighted by Gasteiger charge is 2.21. The van der Waals surface area contributed by atoms with Crippen LogP contribution in [-0.4, -0.2) is 61.1 Å². The summed E-state index contributed by atoms with van der Waals surface area (Å²) in [7, 11) is 3.63. The van der Waals surface area contributed by atoms with E-state index in [1.54, 1.807) is 13.2 Å². The van der Waals surface area contributed by atoms with Crippen LogP contribution < -0.4 is 25.6 Å². The van der Waals surface area contributed by atoms with Gasteiger partial charge in [-0.05, 0) is 37.4 Å². The topological polar surface area (TPSA) is 94.6 Å². The van der Waals surface area contributed by atoms with Gasteiger partial charge in [-0.2, -0.15) is 4.98 Å². The van der Waals surface area contributed by atoms with Crippen molar-refractivity contribution >= 4 is 63.6 Å². The van der Waals surface area contributed by atoms with E-state index in [0.717, 1.165) is 31.9 Å². The number of carbonyl (C=O) groups excluding carboxylic acids is 1. The Kier molecular flexibility index (Phi) is 8.32. The van der Waals surface area contributed by atoms with Gasteiger partial charge in [0.25, 0.3) is 0 Å². The molecular weight excluding hydrogens is 520 g/mol. The third-order valence-corrected chi connectivity index (χ3v) is 6.34. The molecule has 1 saturated heterocycles. The van der Waals surface area contributed by atoms with Crippen molar-refractivity contribution in [2.24, 2.45) is 0 Å². The molecule has 194 valence electrons. The highest BCUT2D eigenvalue weighted by Crippen LogP contribution is 2.39. The Labute approximate surface area is 224 Å². The van der Waals surface area contributed by atoms with Crippen molar-refractivity contribution in [1.82, 2.24) is 14.9 Å². The quantitative estimate of drug-likeness (QED) is 0.328. The number of amides is 1. The summed E-state index contributed by atoms with van der Waals surface area (Å²) < 4.78 is 19.2. The molecule has 0 unspecified atom stereocenters. The highest BCUT2D eigenvalue weighted by atomic mass is 35.5. The Balaban J connectivity index is 1.65. The van der Waals surface area contributed by atoms with Crippen LogP contribution in [-0.2, 0) is 4.79 Å². The molecule has 0 atom stereocenters. The molecule has 0 radical (unpaired) electrons. The molecule has 1 aliphatic rings. The van der Waals surface area contributed by atoms with E-state index in [1.807, 2.05) is 6.07 Å². The predicted octanol–water partition coefficient (Wildman–Crippen LogP) is 5.29. The third-order valence-electron chi connectivity index (χ3n) is 5.78. The van der Waals surface area contributed by atoms with Gasteiger partial charge in [0.15, 0.2) is 5.82 Å². The molecule has 12 heteroatoms. The molecule has 0 spiro atoms. The van der Waals surface area contributed by atoms with E-state index in [2.05, 4.69) is 49.3 Å². The number of hydrogen-bond donors (Lipinski definition) is 3. The lowest BCUT2D eigenvalue weighted by molar-refractivity contribution is -0.111. The standard InChI is InChI=1S/C25H26Cl2FN7O2/c1-4-23(36)31-19-12-20(22(37-3)13-21(19)35-9-7-34(2)8-10-35)32-25-29-14-17(27)24(33-25)30-15-5-6-18(28)16(26)11-15/h4-6,11-14H,1,7-10H2,2-3H3,(H,31,36)(H2,29,30,32,33). The van der Waals surface area contributed by atoms with E-state index in [0.29, 0.717) is 22.8 Å². The van der Waals surface area contributed by atoms with Crippen LogP contribution in [0.15, 0.2) is 49.2 Å². The first kappa shape index (κ1) is 26.5. The molecule has 2 heterocycles. The third kappa shape index (κ3) is 6.40. The van der Waals surface area contributed by atoms with E-state index in [9.17, 15) is 9.18 Å². The van der Waals surface area contributed by atoms with Gasteiger partial charge in [0.1, 0.15) is 16.6 Å². The van der Waals surface area contributed by atoms with E-state index in [1.165, 1.54) is 30.5 Å². The monoisotopic (exact) mass is 545 g/mol. The van der Waals surface area contributed by atoms with Crippen molar-refractivity contribution in [3.05, 3.63) is 65.0 Å². The first-order chi connectivity index (χ1) is 17.8. The summed E-state index contributed by atoms with van der Waals surface area (Å²) in [6.45, 7) is 6.94. The zero-order chi connectivity index (χ0) is 26.5. The Morgan fingerprint density at radius 1 is 1.11 bits per heavy atom. The molecule has 0 bridgehead atoms. The Morgan fingerprint density at radius 2 is 1.86 bits per heavy atom. The summed E-state index contributed by atoms with van der Waals surface area (Å²) in [6, 6.07) is 7.81. The second-order valence-corrected chi connectivity index (χ2v) is 9.14. The number of aromatic nitrogens is 2. The number of hydrogen-bond acceptors (Lipinski definition) is 8. The van der Waals surface area contributed by atoms with Crippen molar-refractivity contribution < 1.29 is 13.9 Å². The summed E-state index contributed by atoms with van der Waals surface area (Å²) in [5, 5.41) is 9.24. The number of nitrogens with one attached hydrogen (secondary N) is 3. The van der Waals surface area contributed by atoms with Crippen molar-refractivity contribution in [3.63, 3.8) is 0 Å². The lowest BCUT2D eigenvalue weighted by Gasteiger charge is -2.35. The number of halogens is 3. The molecule has 3 aromatic rings. The summed E-state index contributed by atoms with van der Waals surface area (Å²) in [5.41, 5.74) is 2.45. The molecule has 1 fully saturated rings. The minimum atomic E-state index is -0.533. The number of carbonyl (C=O) groups is 1. The van der Waals surface area contributed by atoms with Gasteiger partial charge in [-0.25, -0.2) is 9.37 Å². The first-order valence-electron chi connectivity index (χ1n) is 11.4. The maximum atomic E-state index is 13.5. The van der Waals surface area contributed by atoms with Crippen LogP contribution in [0.5, 0.6) is 5.75 Å². The van der Waals surface area contributed by atoms with Crippen LogP contribution in [0, 0.1) is 5.82 Å². The number of anilines is 6. The fraction of sp³-hybridized carbons (Fsp3) is 0.240. The molecule has 2 aromatic carbocycles. The van der Waals surface area contributed by atoms with Gasteiger partial charge in [-0.15, -0.1) is 0 Å². The molecule has 1 aliphatic heterocycles. The Bertz CT molecular complexity index is 1320. The molecular formula is C25H26Cl2FN7O2. The van der Waals surface area contributed by atoms with Gasteiger partial charge in [0.05, 0.1) is 35.4 Å². The molecule has 37 heavy (non-hydrogen) atoms. The summed E-state index contributed by atoms with van der Waals surface area (Å²) in [4.78, 5) is 25.3. The highest BCUT2D eigenvalue weighted by molar-refractivity contribution is 6.33. The average molecular weight is 546 g/mol. The van der Waals surface area contributed by atoms with E-state index in [-0.39, 0.29) is 27.7 Å². The smallest absolute Gasteiger partial charge is 0.247 e. The van der Waals surface area contributed by atoms with Gasteiger partial charge in [0.2, 0.25) is 11.9 Å². The molecule has 1 aromatic heterocycles. The van der Waals surface area contributed by atoms with Gasteiger partial charge in [0, 0.05) is 37.9 Å². The van der Waals surface area contributed by atoms with Crippen LogP contribution in [0.3, 0.4) is 0 Å². The maximum Gasteiger partial charge on any atom is 0.247 e. The minimum absolute atomic E-state index is 0.0344. The Morgan fingerprint density at radius 3 is 2.54 bits per heavy atom. The predicted molar refractivity (Wildman–Crippen MR) is 147 cm³/mol. The average Bonchev–Trinajstić information content (AvgIpc) is 2.89. The van der Waals surface area contributed by atoms with Gasteiger partial charge in [-0.1, -0.05) is 29.8 Å². The second-order valence-electron chi connectivity index (χ2n) is 8.32. The largest absolute Gasteiger partial charge is 0.494 e. The number of methoxy groups -OCH3 is 1. The SMILES string of the molecule is C=CC(=O)Nc1cc(Nc2ncc(Cl)c(Nc3ccc(F)c(Cl)c3)n2)c(OC)cc1N1CCN(C)CC1. The van der Waals surface area contributed by atoms with Crippen LogP contribution >= 0.6 is 23.2 Å². The maximum absolute atomic E-state index is 13.5.